The number of methoxy groups -OCH3 is 1. The number of rotatable bonds is 7. The zero-order valence-corrected chi connectivity index (χ0v) is 16.2. The number of carbonyl (C=O) groups is 4. The molecule has 2 aliphatic rings. The van der Waals surface area contributed by atoms with Crippen molar-refractivity contribution < 1.29 is 29.0 Å². The van der Waals surface area contributed by atoms with Gasteiger partial charge in [-0.25, -0.2) is 4.79 Å². The van der Waals surface area contributed by atoms with Crippen LogP contribution >= 0.6 is 0 Å². The molecule has 0 spiro atoms. The van der Waals surface area contributed by atoms with Crippen LogP contribution in [0.4, 0.5) is 0 Å². The molecule has 0 aromatic rings. The number of ether oxygens (including phenoxy) is 1. The molecule has 0 saturated heterocycles. The second kappa shape index (κ2) is 7.46. The van der Waals surface area contributed by atoms with Crippen molar-refractivity contribution in [3.05, 3.63) is 0 Å². The molecule has 5 atom stereocenters. The Bertz CT molecular complexity index is 644. The van der Waals surface area contributed by atoms with Crippen molar-refractivity contribution in [2.75, 3.05) is 7.11 Å². The second-order valence-corrected chi connectivity index (χ2v) is 8.53. The van der Waals surface area contributed by atoms with E-state index < -0.39 is 36.5 Å². The third-order valence-electron chi connectivity index (χ3n) is 6.27. The van der Waals surface area contributed by atoms with E-state index in [2.05, 4.69) is 36.1 Å². The van der Waals surface area contributed by atoms with Crippen LogP contribution < -0.4 is 16.4 Å². The summed E-state index contributed by atoms with van der Waals surface area (Å²) in [6, 6.07) is -1.34. The number of carboxylic acid groups (broad SMARTS) is 1. The Balaban J connectivity index is 2.12. The number of aliphatic carboxylic acids is 1. The second-order valence-electron chi connectivity index (χ2n) is 8.53. The molecule has 0 aromatic heterocycles. The van der Waals surface area contributed by atoms with Gasteiger partial charge in [-0.2, -0.15) is 0 Å². The molecule has 0 radical (unpaired) electrons. The average molecular weight is 383 g/mol. The van der Waals surface area contributed by atoms with Gasteiger partial charge in [0.25, 0.3) is 0 Å². The third kappa shape index (κ3) is 4.07. The van der Waals surface area contributed by atoms with Crippen LogP contribution in [0.3, 0.4) is 0 Å². The van der Waals surface area contributed by atoms with Crippen LogP contribution in [0.1, 0.15) is 46.5 Å². The number of carboxylic acids is 1. The van der Waals surface area contributed by atoms with Gasteiger partial charge in [0.2, 0.25) is 18.0 Å². The first kappa shape index (κ1) is 21.1. The van der Waals surface area contributed by atoms with Gasteiger partial charge in [-0.3, -0.25) is 14.4 Å². The molecule has 2 aliphatic carbocycles. The van der Waals surface area contributed by atoms with Crippen LogP contribution in [0, 0.1) is 22.7 Å². The Morgan fingerprint density at radius 3 is 2.33 bits per heavy atom. The van der Waals surface area contributed by atoms with Gasteiger partial charge >= 0.3 is 11.9 Å². The highest BCUT2D eigenvalue weighted by Crippen LogP contribution is 2.65. The highest BCUT2D eigenvalue weighted by atomic mass is 16.5. The van der Waals surface area contributed by atoms with E-state index in [9.17, 15) is 19.2 Å². The van der Waals surface area contributed by atoms with Crippen molar-refractivity contribution in [3.63, 3.8) is 0 Å². The summed E-state index contributed by atoms with van der Waals surface area (Å²) >= 11 is 0. The van der Waals surface area contributed by atoms with Gasteiger partial charge in [-0.05, 0) is 36.0 Å². The third-order valence-corrected chi connectivity index (χ3v) is 6.27. The van der Waals surface area contributed by atoms with E-state index in [1.54, 1.807) is 0 Å². The molecule has 0 aromatic carbocycles. The minimum atomic E-state index is -1.42. The van der Waals surface area contributed by atoms with E-state index in [0.717, 1.165) is 26.4 Å². The summed E-state index contributed by atoms with van der Waals surface area (Å²) in [5, 5.41) is 13.6. The van der Waals surface area contributed by atoms with E-state index in [1.165, 1.54) is 0 Å². The molecule has 2 saturated carbocycles. The number of fused-ring (bicyclic) bond motifs is 2. The maximum atomic E-state index is 13.0. The summed E-state index contributed by atoms with van der Waals surface area (Å²) in [7, 11) is 1.13. The lowest BCUT2D eigenvalue weighted by Gasteiger charge is -2.42. The molecular formula is C18H29N3O6. The molecule has 27 heavy (non-hydrogen) atoms. The topological polar surface area (TPSA) is 148 Å². The fourth-order valence-corrected chi connectivity index (χ4v) is 4.98. The van der Waals surface area contributed by atoms with Crippen molar-refractivity contribution in [2.24, 2.45) is 28.4 Å². The number of amides is 2. The number of hydrogen-bond donors (Lipinski definition) is 4. The van der Waals surface area contributed by atoms with Crippen molar-refractivity contribution in [3.8, 4) is 0 Å². The molecule has 5 N–H and O–H groups in total. The molecule has 9 nitrogen and oxygen atoms in total. The van der Waals surface area contributed by atoms with Crippen molar-refractivity contribution in [1.29, 1.82) is 0 Å². The molecule has 4 unspecified atom stereocenters. The van der Waals surface area contributed by atoms with Crippen LogP contribution in [0.2, 0.25) is 0 Å². The average Bonchev–Trinajstić information content (AvgIpc) is 3.03. The predicted molar refractivity (Wildman–Crippen MR) is 95.0 cm³/mol. The van der Waals surface area contributed by atoms with E-state index in [0.29, 0.717) is 5.92 Å². The van der Waals surface area contributed by atoms with Gasteiger partial charge in [0.1, 0.15) is 0 Å². The maximum absolute atomic E-state index is 13.0. The first-order valence-electron chi connectivity index (χ1n) is 9.08. The lowest BCUT2D eigenvalue weighted by atomic mass is 9.63. The van der Waals surface area contributed by atoms with Gasteiger partial charge < -0.3 is 26.2 Å². The van der Waals surface area contributed by atoms with Gasteiger partial charge in [0, 0.05) is 5.92 Å². The molecular weight excluding hydrogens is 354 g/mol. The SMILES string of the molecule is COC(=O)C(NC(=O)C1C2(C)CCC(C2)C1(C)C)NC(=O)[C@@H](N)CC(=O)O. The molecule has 2 rings (SSSR count). The van der Waals surface area contributed by atoms with Crippen molar-refractivity contribution in [1.82, 2.24) is 10.6 Å². The number of esters is 1. The number of carbonyl (C=O) groups excluding carboxylic acids is 3. The lowest BCUT2D eigenvalue weighted by Crippen LogP contribution is -2.59. The Hall–Kier alpha value is -2.16. The zero-order chi connectivity index (χ0) is 20.6. The first-order chi connectivity index (χ1) is 12.4. The summed E-state index contributed by atoms with van der Waals surface area (Å²) < 4.78 is 4.65. The number of nitrogens with one attached hydrogen (secondary N) is 2. The largest absolute Gasteiger partial charge is 0.481 e. The molecule has 0 heterocycles. The van der Waals surface area contributed by atoms with Crippen LogP contribution in [-0.2, 0) is 23.9 Å². The molecule has 9 heteroatoms. The number of nitrogens with two attached hydrogens (primary N) is 1. The summed E-state index contributed by atoms with van der Waals surface area (Å²) in [6.07, 6.45) is 0.958. The Kier molecular flexibility index (Phi) is 5.84. The summed E-state index contributed by atoms with van der Waals surface area (Å²) in [5.74, 6) is -3.15. The van der Waals surface area contributed by atoms with Gasteiger partial charge in [-0.1, -0.05) is 20.8 Å². The van der Waals surface area contributed by atoms with E-state index >= 15 is 0 Å². The highest BCUT2D eigenvalue weighted by Gasteiger charge is 2.62. The summed E-state index contributed by atoms with van der Waals surface area (Å²) in [4.78, 5) is 47.8. The molecule has 2 amide bonds. The minimum absolute atomic E-state index is 0.150. The van der Waals surface area contributed by atoms with E-state index in [-0.39, 0.29) is 22.7 Å². The summed E-state index contributed by atoms with van der Waals surface area (Å²) in [5.41, 5.74) is 5.15. The smallest absolute Gasteiger partial charge is 0.349 e. The normalized spacial score (nSPS) is 30.3. The van der Waals surface area contributed by atoms with Gasteiger partial charge in [0.05, 0.1) is 19.6 Å². The number of hydrogen-bond acceptors (Lipinski definition) is 6. The van der Waals surface area contributed by atoms with Crippen molar-refractivity contribution >= 4 is 23.8 Å². The maximum Gasteiger partial charge on any atom is 0.349 e. The first-order valence-corrected chi connectivity index (χ1v) is 9.08. The monoisotopic (exact) mass is 383 g/mol. The van der Waals surface area contributed by atoms with Crippen LogP contribution in [0.5, 0.6) is 0 Å². The summed E-state index contributed by atoms with van der Waals surface area (Å²) in [6.45, 7) is 6.20. The Labute approximate surface area is 158 Å². The van der Waals surface area contributed by atoms with Gasteiger partial charge in [0.15, 0.2) is 0 Å². The lowest BCUT2D eigenvalue weighted by molar-refractivity contribution is -0.150. The Morgan fingerprint density at radius 2 is 1.85 bits per heavy atom. The van der Waals surface area contributed by atoms with Crippen LogP contribution in [-0.4, -0.2) is 48.2 Å². The Morgan fingerprint density at radius 1 is 1.22 bits per heavy atom. The minimum Gasteiger partial charge on any atom is -0.481 e. The predicted octanol–water partition coefficient (Wildman–Crippen LogP) is -0.0177. The molecule has 0 aliphatic heterocycles. The molecule has 2 fully saturated rings. The van der Waals surface area contributed by atoms with Crippen molar-refractivity contribution in [2.45, 2.75) is 58.7 Å². The highest BCUT2D eigenvalue weighted by molar-refractivity contribution is 5.92. The zero-order valence-electron chi connectivity index (χ0n) is 16.2. The quantitative estimate of drug-likeness (QED) is 0.357. The van der Waals surface area contributed by atoms with Crippen LogP contribution in [0.15, 0.2) is 0 Å². The van der Waals surface area contributed by atoms with Gasteiger partial charge in [-0.15, -0.1) is 0 Å². The van der Waals surface area contributed by atoms with Crippen LogP contribution in [0.25, 0.3) is 0 Å². The standard InChI is InChI=1S/C18H29N3O6/c1-17(2)9-5-6-18(3,8-9)12(17)15(25)21-13(16(26)27-4)20-14(24)10(19)7-11(22)23/h9-10,12-13H,5-8,19H2,1-4H3,(H,20,24)(H,21,25)(H,22,23)/t9?,10-,12?,13?,18?/m0/s1. The fraction of sp³-hybridized carbons (Fsp3) is 0.778. The molecule has 152 valence electrons. The fourth-order valence-electron chi connectivity index (χ4n) is 4.98. The van der Waals surface area contributed by atoms with E-state index in [1.807, 2.05) is 0 Å². The molecule has 2 bridgehead atoms. The van der Waals surface area contributed by atoms with E-state index in [4.69, 9.17) is 10.8 Å².